The number of benzene rings is 7. The number of fused-ring (bicyclic) bond motifs is 1. The molecule has 0 unspecified atom stereocenters. The number of hydrogen-bond acceptors (Lipinski definition) is 3. The molecule has 1 heterocycles. The van der Waals surface area contributed by atoms with Gasteiger partial charge in [0, 0.05) is 34.5 Å². The van der Waals surface area contributed by atoms with Crippen LogP contribution in [0.25, 0.3) is 39.6 Å². The molecular formula is C57H47N3. The molecule has 1 N–H and O–H groups in total. The summed E-state index contributed by atoms with van der Waals surface area (Å²) in [7, 11) is 0. The summed E-state index contributed by atoms with van der Waals surface area (Å²) in [6.07, 6.45) is 21.9. The Bertz CT molecular complexity index is 2730. The van der Waals surface area contributed by atoms with Crippen molar-refractivity contribution in [3.8, 4) is 22.3 Å². The van der Waals surface area contributed by atoms with Crippen LogP contribution >= 0.6 is 0 Å². The van der Waals surface area contributed by atoms with E-state index in [4.69, 9.17) is 0 Å². The predicted octanol–water partition coefficient (Wildman–Crippen LogP) is 15.6. The van der Waals surface area contributed by atoms with Gasteiger partial charge in [-0.25, -0.2) is 0 Å². The second-order valence-electron chi connectivity index (χ2n) is 14.9. The van der Waals surface area contributed by atoms with Crippen LogP contribution in [0.1, 0.15) is 36.5 Å². The highest BCUT2D eigenvalue weighted by Gasteiger charge is 2.22. The van der Waals surface area contributed by atoms with Crippen LogP contribution in [0.3, 0.4) is 0 Å². The number of allylic oxidation sites excluding steroid dienone is 8. The molecule has 1 aliphatic heterocycles. The minimum atomic E-state index is 1.06. The van der Waals surface area contributed by atoms with Gasteiger partial charge in [-0.1, -0.05) is 176 Å². The molecule has 0 aromatic heterocycles. The lowest BCUT2D eigenvalue weighted by Crippen LogP contribution is -2.21. The first-order chi connectivity index (χ1) is 29.7. The van der Waals surface area contributed by atoms with Crippen molar-refractivity contribution >= 4 is 45.8 Å². The molecular weight excluding hydrogens is 727 g/mol. The molecule has 7 aromatic carbocycles. The van der Waals surface area contributed by atoms with Crippen molar-refractivity contribution in [2.75, 3.05) is 15.1 Å². The fourth-order valence-corrected chi connectivity index (χ4v) is 7.96. The summed E-state index contributed by atoms with van der Waals surface area (Å²) in [5.74, 6) is 0. The number of nitrogens with one attached hydrogen (secondary N) is 1. The molecule has 0 radical (unpaired) electrons. The van der Waals surface area contributed by atoms with Gasteiger partial charge >= 0.3 is 0 Å². The van der Waals surface area contributed by atoms with Gasteiger partial charge in [0.2, 0.25) is 0 Å². The molecule has 7 aromatic rings. The molecule has 1 aliphatic carbocycles. The molecule has 0 saturated carbocycles. The highest BCUT2D eigenvalue weighted by molar-refractivity contribution is 5.96. The van der Waals surface area contributed by atoms with Crippen LogP contribution in [-0.2, 0) is 0 Å². The summed E-state index contributed by atoms with van der Waals surface area (Å²) in [6, 6.07) is 65.0. The van der Waals surface area contributed by atoms with E-state index in [1.807, 2.05) is 0 Å². The Morgan fingerprint density at radius 2 is 1.17 bits per heavy atom. The van der Waals surface area contributed by atoms with E-state index < -0.39 is 0 Å². The molecule has 0 saturated heterocycles. The van der Waals surface area contributed by atoms with Gasteiger partial charge in [0.05, 0.1) is 17.1 Å². The maximum absolute atomic E-state index is 3.51. The Kier molecular flexibility index (Phi) is 11.3. The third-order valence-corrected chi connectivity index (χ3v) is 11.0. The molecule has 3 nitrogen and oxygen atoms in total. The molecule has 9 rings (SSSR count). The number of hydrogen-bond donors (Lipinski definition) is 1. The van der Waals surface area contributed by atoms with Gasteiger partial charge in [0.25, 0.3) is 0 Å². The maximum atomic E-state index is 3.51. The quantitative estimate of drug-likeness (QED) is 0.132. The Hall–Kier alpha value is -7.62. The Morgan fingerprint density at radius 3 is 1.83 bits per heavy atom. The summed E-state index contributed by atoms with van der Waals surface area (Å²) in [5.41, 5.74) is 17.4. The minimum absolute atomic E-state index is 1.06. The summed E-state index contributed by atoms with van der Waals surface area (Å²) < 4.78 is 0. The van der Waals surface area contributed by atoms with Gasteiger partial charge in [-0.2, -0.15) is 0 Å². The largest absolute Gasteiger partial charge is 0.358 e. The van der Waals surface area contributed by atoms with E-state index in [1.54, 1.807) is 0 Å². The highest BCUT2D eigenvalue weighted by Crippen LogP contribution is 2.42. The predicted molar refractivity (Wildman–Crippen MR) is 257 cm³/mol. The first kappa shape index (κ1) is 37.9. The van der Waals surface area contributed by atoms with E-state index in [-0.39, 0.29) is 0 Å². The van der Waals surface area contributed by atoms with E-state index in [0.717, 1.165) is 58.0 Å². The third kappa shape index (κ3) is 8.34. The summed E-state index contributed by atoms with van der Waals surface area (Å²) in [5, 5.41) is 3.51. The molecule has 2 aliphatic rings. The number of nitrogens with zero attached hydrogens (tertiary/aromatic N) is 2. The van der Waals surface area contributed by atoms with Crippen molar-refractivity contribution in [1.82, 2.24) is 0 Å². The van der Waals surface area contributed by atoms with E-state index in [1.165, 1.54) is 39.2 Å². The average molecular weight is 774 g/mol. The van der Waals surface area contributed by atoms with E-state index in [0.29, 0.717) is 0 Å². The molecule has 0 spiro atoms. The summed E-state index contributed by atoms with van der Waals surface area (Å²) >= 11 is 0. The molecule has 0 amide bonds. The average Bonchev–Trinajstić information content (AvgIpc) is 3.32. The lowest BCUT2D eigenvalue weighted by molar-refractivity contribution is 0.997. The van der Waals surface area contributed by atoms with Crippen LogP contribution in [0.2, 0.25) is 0 Å². The van der Waals surface area contributed by atoms with Crippen LogP contribution in [-0.4, -0.2) is 0 Å². The first-order valence-corrected chi connectivity index (χ1v) is 20.8. The molecule has 0 bridgehead atoms. The minimum Gasteiger partial charge on any atom is -0.358 e. The van der Waals surface area contributed by atoms with Crippen LogP contribution in [0.5, 0.6) is 0 Å². The van der Waals surface area contributed by atoms with Gasteiger partial charge in [-0.15, -0.1) is 0 Å². The normalized spacial score (nSPS) is 13.8. The van der Waals surface area contributed by atoms with Gasteiger partial charge in [-0.05, 0) is 113 Å². The van der Waals surface area contributed by atoms with Gasteiger partial charge in [-0.3, -0.25) is 0 Å². The molecule has 290 valence electrons. The van der Waals surface area contributed by atoms with Crippen LogP contribution in [0, 0.1) is 0 Å². The molecule has 0 fully saturated rings. The van der Waals surface area contributed by atoms with Gasteiger partial charge in [0.1, 0.15) is 0 Å². The Labute approximate surface area is 354 Å². The van der Waals surface area contributed by atoms with Crippen molar-refractivity contribution in [1.29, 1.82) is 0 Å². The second-order valence-corrected chi connectivity index (χ2v) is 14.9. The summed E-state index contributed by atoms with van der Waals surface area (Å²) in [6.45, 7) is 2.07. The third-order valence-electron chi connectivity index (χ3n) is 11.0. The van der Waals surface area contributed by atoms with Crippen molar-refractivity contribution in [2.45, 2.75) is 19.8 Å². The van der Waals surface area contributed by atoms with Crippen LogP contribution < -0.4 is 15.1 Å². The zero-order chi connectivity index (χ0) is 40.5. The van der Waals surface area contributed by atoms with Crippen molar-refractivity contribution in [2.24, 2.45) is 0 Å². The second kappa shape index (κ2) is 17.9. The fraction of sp³-hybridized carbons (Fsp3) is 0.0526. The highest BCUT2D eigenvalue weighted by atomic mass is 15.2. The van der Waals surface area contributed by atoms with E-state index >= 15 is 0 Å². The van der Waals surface area contributed by atoms with Crippen LogP contribution in [0.4, 0.5) is 28.4 Å². The number of para-hydroxylation sites is 4. The Balaban J connectivity index is 0.873. The molecule has 60 heavy (non-hydrogen) atoms. The Morgan fingerprint density at radius 1 is 0.583 bits per heavy atom. The maximum Gasteiger partial charge on any atom is 0.0697 e. The molecule has 3 heteroatoms. The number of rotatable bonds is 11. The standard InChI is InChI=1S/C57H47N3/c1-2-15-44(17-14-16-43-26-28-45(29-27-43)49-38-40-54(41-39-49)59(51-18-6-3-7-19-51)52-20-8-4-9-21-52)46-30-32-47(33-31-46)48-34-36-50(37-35-48)57-42-58-55-24-12-13-25-56(55)60(57)53-22-10-5-11-23-53/h2-3,5-8,10-42,58H,4,9H2,1H3/b15-2-,16-14+,44-17+. The topological polar surface area (TPSA) is 18.5 Å². The summed E-state index contributed by atoms with van der Waals surface area (Å²) in [4.78, 5) is 4.66. The first-order valence-electron chi connectivity index (χ1n) is 20.8. The van der Waals surface area contributed by atoms with E-state index in [2.05, 4.69) is 259 Å². The lowest BCUT2D eigenvalue weighted by atomic mass is 9.98. The lowest BCUT2D eigenvalue weighted by Gasteiger charge is -2.33. The smallest absolute Gasteiger partial charge is 0.0697 e. The fourth-order valence-electron chi connectivity index (χ4n) is 7.96. The number of anilines is 5. The zero-order valence-electron chi connectivity index (χ0n) is 33.8. The van der Waals surface area contributed by atoms with E-state index in [9.17, 15) is 0 Å². The SMILES string of the molecule is C\C=C/C(=C\C=C\c1ccc(-c2ccc(N(C3=CCCC=C3)c3ccccc3)cc2)cc1)c1ccc(-c2ccc(C3=CNc4ccccc4N3c3ccccc3)cc2)cc1. The van der Waals surface area contributed by atoms with Crippen molar-refractivity contribution in [3.05, 3.63) is 253 Å². The monoisotopic (exact) mass is 773 g/mol. The molecule has 0 atom stereocenters. The van der Waals surface area contributed by atoms with Crippen LogP contribution in [0.15, 0.2) is 236 Å². The van der Waals surface area contributed by atoms with Crippen molar-refractivity contribution in [3.63, 3.8) is 0 Å². The van der Waals surface area contributed by atoms with Gasteiger partial charge in [0.15, 0.2) is 0 Å². The van der Waals surface area contributed by atoms with Gasteiger partial charge < -0.3 is 15.1 Å². The zero-order valence-corrected chi connectivity index (χ0v) is 33.8. The van der Waals surface area contributed by atoms with Crippen molar-refractivity contribution < 1.29 is 0 Å².